The van der Waals surface area contributed by atoms with Crippen molar-refractivity contribution in [3.63, 3.8) is 0 Å². The van der Waals surface area contributed by atoms with Crippen LogP contribution in [0.25, 0.3) is 0 Å². The van der Waals surface area contributed by atoms with E-state index in [1.807, 2.05) is 36.4 Å². The maximum atomic E-state index is 12.8. The van der Waals surface area contributed by atoms with Gasteiger partial charge in [-0.25, -0.2) is 4.79 Å². The Morgan fingerprint density at radius 2 is 1.63 bits per heavy atom. The van der Waals surface area contributed by atoms with Crippen molar-refractivity contribution >= 4 is 34.6 Å². The van der Waals surface area contributed by atoms with Crippen LogP contribution >= 0.6 is 11.6 Å². The Morgan fingerprint density at radius 3 is 2.17 bits per heavy atom. The lowest BCUT2D eigenvalue weighted by Gasteiger charge is -2.18. The molecule has 184 valence electrons. The monoisotopic (exact) mass is 498 g/mol. The third-order valence-electron chi connectivity index (χ3n) is 4.58. The van der Waals surface area contributed by atoms with Gasteiger partial charge in [0.05, 0.1) is 19.1 Å². The lowest BCUT2D eigenvalue weighted by atomic mass is 10.0. The number of carboxylic acids is 1. The number of carbonyl (C=O) groups excluding carboxylic acids is 2. The fraction of sp³-hybridized carbons (Fsp3) is 0.192. The number of hydrogen-bond donors (Lipinski definition) is 3. The molecule has 3 aromatic carbocycles. The number of anilines is 1. The van der Waals surface area contributed by atoms with E-state index >= 15 is 0 Å². The van der Waals surface area contributed by atoms with Crippen LogP contribution in [0.15, 0.2) is 78.9 Å². The zero-order valence-electron chi connectivity index (χ0n) is 19.1. The molecule has 0 saturated heterocycles. The zero-order chi connectivity index (χ0) is 25.6. The molecule has 0 aromatic heterocycles. The third-order valence-corrected chi connectivity index (χ3v) is 4.69. The highest BCUT2D eigenvalue weighted by Gasteiger charge is 2.19. The number of nitrogens with two attached hydrogens (primary N) is 1. The number of carboxylic acid groups (broad SMARTS) is 1. The lowest BCUT2D eigenvalue weighted by molar-refractivity contribution is -0.137. The van der Waals surface area contributed by atoms with E-state index in [1.165, 1.54) is 6.07 Å². The van der Waals surface area contributed by atoms with E-state index in [9.17, 15) is 19.5 Å². The summed E-state index contributed by atoms with van der Waals surface area (Å²) in [5.74, 6) is -0.955. The quantitative estimate of drug-likeness (QED) is 0.274. The van der Waals surface area contributed by atoms with E-state index in [0.717, 1.165) is 5.56 Å². The van der Waals surface area contributed by atoms with Gasteiger partial charge in [0.1, 0.15) is 12.4 Å². The number of aliphatic carboxylic acids is 1. The zero-order valence-corrected chi connectivity index (χ0v) is 19.9. The number of halogens is 1. The van der Waals surface area contributed by atoms with Crippen molar-refractivity contribution < 1.29 is 29.0 Å². The maximum absolute atomic E-state index is 12.8. The minimum Gasteiger partial charge on any atom is -0.489 e. The summed E-state index contributed by atoms with van der Waals surface area (Å²) in [6, 6.07) is 22.7. The second-order valence-electron chi connectivity index (χ2n) is 7.27. The van der Waals surface area contributed by atoms with E-state index in [1.54, 1.807) is 43.3 Å². The van der Waals surface area contributed by atoms with Gasteiger partial charge in [0, 0.05) is 28.9 Å². The number of nitrogen functional groups attached to an aromatic ring is 1. The number of benzene rings is 3. The highest BCUT2D eigenvalue weighted by Crippen LogP contribution is 2.22. The van der Waals surface area contributed by atoms with Crippen LogP contribution < -0.4 is 15.8 Å². The summed E-state index contributed by atoms with van der Waals surface area (Å²) in [5, 5.41) is 12.0. The Kier molecular flexibility index (Phi) is 11.1. The van der Waals surface area contributed by atoms with Crippen molar-refractivity contribution in [1.29, 1.82) is 0 Å². The molecule has 35 heavy (non-hydrogen) atoms. The first-order valence-corrected chi connectivity index (χ1v) is 11.1. The molecular formula is C26H27ClN2O6. The van der Waals surface area contributed by atoms with Crippen molar-refractivity contribution in [1.82, 2.24) is 5.32 Å². The summed E-state index contributed by atoms with van der Waals surface area (Å²) in [7, 11) is 0. The van der Waals surface area contributed by atoms with E-state index < -0.39 is 23.3 Å². The van der Waals surface area contributed by atoms with Gasteiger partial charge in [-0.05, 0) is 30.2 Å². The van der Waals surface area contributed by atoms with Crippen molar-refractivity contribution in [2.75, 3.05) is 12.3 Å². The second kappa shape index (κ2) is 14.3. The Labute approximate surface area is 208 Å². The topological polar surface area (TPSA) is 128 Å². The Hall–Kier alpha value is -4.04. The number of amides is 1. The van der Waals surface area contributed by atoms with Crippen LogP contribution in [0, 0.1) is 0 Å². The van der Waals surface area contributed by atoms with Crippen LogP contribution in [0.5, 0.6) is 5.75 Å². The molecule has 9 heteroatoms. The molecule has 3 rings (SSSR count). The predicted octanol–water partition coefficient (Wildman–Crippen LogP) is 5.18. The molecule has 1 unspecified atom stereocenters. The first-order valence-electron chi connectivity index (χ1n) is 10.8. The minimum atomic E-state index is -1.00. The average Bonchev–Trinajstić information content (AvgIpc) is 2.83. The van der Waals surface area contributed by atoms with Gasteiger partial charge in [-0.15, -0.1) is 0 Å². The standard InChI is InChI=1S/C23H22N2O4.C3H5ClO2/c24-19-11-18(12-20(13-19)29-15-16-7-3-1-4-8-16)23(28)25-21(14-22(26)27)17-9-5-2-6-10-17;1-2-6-3(4)5/h1-13,21H,14-15,24H2,(H,25,28)(H,26,27);2H2,1H3. The van der Waals surface area contributed by atoms with Gasteiger partial charge in [0.2, 0.25) is 0 Å². The molecule has 0 aliphatic heterocycles. The minimum absolute atomic E-state index is 0.227. The van der Waals surface area contributed by atoms with Crippen LogP contribution in [0.4, 0.5) is 10.5 Å². The van der Waals surface area contributed by atoms with Gasteiger partial charge in [0.25, 0.3) is 5.91 Å². The molecule has 1 amide bonds. The van der Waals surface area contributed by atoms with Gasteiger partial charge < -0.3 is 25.6 Å². The molecule has 0 aliphatic carbocycles. The first kappa shape index (κ1) is 27.2. The number of hydrogen-bond acceptors (Lipinski definition) is 6. The molecule has 0 fully saturated rings. The number of carbonyl (C=O) groups is 3. The van der Waals surface area contributed by atoms with E-state index in [0.29, 0.717) is 35.8 Å². The highest BCUT2D eigenvalue weighted by atomic mass is 35.5. The van der Waals surface area contributed by atoms with Crippen molar-refractivity contribution in [2.45, 2.75) is 26.0 Å². The molecule has 0 spiro atoms. The normalized spacial score (nSPS) is 10.8. The van der Waals surface area contributed by atoms with Gasteiger partial charge >= 0.3 is 11.4 Å². The molecular weight excluding hydrogens is 472 g/mol. The smallest absolute Gasteiger partial charge is 0.403 e. The fourth-order valence-corrected chi connectivity index (χ4v) is 3.15. The molecule has 0 saturated carbocycles. The summed E-state index contributed by atoms with van der Waals surface area (Å²) in [4.78, 5) is 33.6. The van der Waals surface area contributed by atoms with Crippen LogP contribution in [0.3, 0.4) is 0 Å². The van der Waals surface area contributed by atoms with Crippen molar-refractivity contribution in [2.24, 2.45) is 0 Å². The van der Waals surface area contributed by atoms with E-state index in [4.69, 9.17) is 22.1 Å². The lowest BCUT2D eigenvalue weighted by Crippen LogP contribution is -2.30. The molecule has 0 radical (unpaired) electrons. The number of nitrogens with one attached hydrogen (secondary N) is 1. The van der Waals surface area contributed by atoms with Crippen LogP contribution in [-0.2, 0) is 16.1 Å². The molecule has 3 aromatic rings. The third kappa shape index (κ3) is 10.2. The van der Waals surface area contributed by atoms with Gasteiger partial charge in [-0.1, -0.05) is 60.7 Å². The summed E-state index contributed by atoms with van der Waals surface area (Å²) < 4.78 is 9.93. The molecule has 0 bridgehead atoms. The summed E-state index contributed by atoms with van der Waals surface area (Å²) >= 11 is 4.72. The summed E-state index contributed by atoms with van der Waals surface area (Å²) in [6.45, 7) is 2.39. The SMILES string of the molecule is CCOC(=O)Cl.Nc1cc(OCc2ccccc2)cc(C(=O)NC(CC(=O)O)c2ccccc2)c1. The molecule has 1 atom stereocenters. The maximum Gasteiger partial charge on any atom is 0.403 e. The van der Waals surface area contributed by atoms with E-state index in [2.05, 4.69) is 10.1 Å². The van der Waals surface area contributed by atoms with Crippen LogP contribution in [0.1, 0.15) is 40.9 Å². The second-order valence-corrected chi connectivity index (χ2v) is 7.58. The largest absolute Gasteiger partial charge is 0.489 e. The molecule has 8 nitrogen and oxygen atoms in total. The van der Waals surface area contributed by atoms with Gasteiger partial charge in [0.15, 0.2) is 0 Å². The number of rotatable bonds is 9. The van der Waals surface area contributed by atoms with Gasteiger partial charge in [-0.2, -0.15) is 0 Å². The Balaban J connectivity index is 0.000000641. The van der Waals surface area contributed by atoms with Gasteiger partial charge in [-0.3, -0.25) is 9.59 Å². The highest BCUT2D eigenvalue weighted by molar-refractivity contribution is 6.61. The Morgan fingerprint density at radius 1 is 1.00 bits per heavy atom. The molecule has 0 heterocycles. The van der Waals surface area contributed by atoms with Crippen molar-refractivity contribution in [3.05, 3.63) is 95.6 Å². The molecule has 0 aliphatic rings. The predicted molar refractivity (Wildman–Crippen MR) is 133 cm³/mol. The van der Waals surface area contributed by atoms with Crippen LogP contribution in [-0.4, -0.2) is 29.0 Å². The van der Waals surface area contributed by atoms with Crippen molar-refractivity contribution in [3.8, 4) is 5.75 Å². The fourth-order valence-electron chi connectivity index (χ4n) is 3.04. The Bertz CT molecular complexity index is 1110. The summed E-state index contributed by atoms with van der Waals surface area (Å²) in [6.07, 6.45) is -0.227. The summed E-state index contributed by atoms with van der Waals surface area (Å²) in [5.41, 5.74) is 7.59. The molecule has 4 N–H and O–H groups in total. The van der Waals surface area contributed by atoms with E-state index in [-0.39, 0.29) is 6.42 Å². The number of ether oxygens (including phenoxy) is 2. The average molecular weight is 499 g/mol. The first-order chi connectivity index (χ1) is 16.8. The van der Waals surface area contributed by atoms with Crippen LogP contribution in [0.2, 0.25) is 0 Å².